The van der Waals surface area contributed by atoms with E-state index in [0.717, 1.165) is 51.5 Å². The van der Waals surface area contributed by atoms with Crippen molar-refractivity contribution in [2.24, 2.45) is 5.92 Å². The summed E-state index contributed by atoms with van der Waals surface area (Å²) in [6.07, 6.45) is 13.2. The van der Waals surface area contributed by atoms with Crippen LogP contribution in [-0.2, 0) is 4.79 Å². The van der Waals surface area contributed by atoms with Gasteiger partial charge in [-0.2, -0.15) is 0 Å². The Morgan fingerprint density at radius 3 is 2.28 bits per heavy atom. The second-order valence-electron chi connectivity index (χ2n) is 9.60. The molecule has 3 aliphatic rings. The van der Waals surface area contributed by atoms with Crippen LogP contribution in [-0.4, -0.2) is 90.9 Å². The summed E-state index contributed by atoms with van der Waals surface area (Å²) in [5.74, 6) is 1.05. The second-order valence-corrected chi connectivity index (χ2v) is 9.60. The Balaban J connectivity index is 1.48. The summed E-state index contributed by atoms with van der Waals surface area (Å²) in [4.78, 5) is 33.8. The van der Waals surface area contributed by atoms with Crippen molar-refractivity contribution < 1.29 is 9.59 Å². The van der Waals surface area contributed by atoms with Gasteiger partial charge in [0.15, 0.2) is 0 Å². The van der Waals surface area contributed by atoms with Crippen LogP contribution in [0.4, 0.5) is 4.79 Å². The van der Waals surface area contributed by atoms with Gasteiger partial charge in [0.05, 0.1) is 6.04 Å². The van der Waals surface area contributed by atoms with E-state index in [-0.39, 0.29) is 12.1 Å². The van der Waals surface area contributed by atoms with Crippen LogP contribution in [0.5, 0.6) is 0 Å². The molecule has 0 N–H and O–H groups in total. The SMILES string of the molecule is CN(C)C(=O)N(CCN1CCCCC1)C1CCN(C(=O)CCC2CCCCC2)C1. The zero-order valence-electron chi connectivity index (χ0n) is 18.8. The van der Waals surface area contributed by atoms with Gasteiger partial charge in [0.25, 0.3) is 0 Å². The van der Waals surface area contributed by atoms with E-state index in [1.807, 2.05) is 23.9 Å². The number of urea groups is 1. The van der Waals surface area contributed by atoms with Crippen molar-refractivity contribution >= 4 is 11.9 Å². The smallest absolute Gasteiger partial charge is 0.319 e. The highest BCUT2D eigenvalue weighted by atomic mass is 16.2. The Hall–Kier alpha value is -1.30. The van der Waals surface area contributed by atoms with Crippen LogP contribution < -0.4 is 0 Å². The monoisotopic (exact) mass is 406 g/mol. The Bertz CT molecular complexity index is 527. The molecule has 0 aromatic heterocycles. The first-order chi connectivity index (χ1) is 14.0. The Morgan fingerprint density at radius 2 is 1.59 bits per heavy atom. The van der Waals surface area contributed by atoms with E-state index in [1.165, 1.54) is 51.4 Å². The van der Waals surface area contributed by atoms with Gasteiger partial charge >= 0.3 is 6.03 Å². The standard InChI is InChI=1S/C23H42N4O2/c1-24(2)23(29)27(18-17-25-14-7-4-8-15-25)21-13-16-26(19-21)22(28)12-11-20-9-5-3-6-10-20/h20-21H,3-19H2,1-2H3. The number of rotatable bonds is 7. The van der Waals surface area contributed by atoms with E-state index >= 15 is 0 Å². The summed E-state index contributed by atoms with van der Waals surface area (Å²) in [5.41, 5.74) is 0. The summed E-state index contributed by atoms with van der Waals surface area (Å²) >= 11 is 0. The molecule has 0 aromatic carbocycles. The lowest BCUT2D eigenvalue weighted by Gasteiger charge is -2.34. The Kier molecular flexibility index (Phi) is 8.64. The van der Waals surface area contributed by atoms with E-state index in [0.29, 0.717) is 18.9 Å². The molecule has 1 aliphatic carbocycles. The highest BCUT2D eigenvalue weighted by Crippen LogP contribution is 2.28. The van der Waals surface area contributed by atoms with Gasteiger partial charge in [-0.3, -0.25) is 4.79 Å². The van der Waals surface area contributed by atoms with Crippen molar-refractivity contribution in [1.82, 2.24) is 19.6 Å². The van der Waals surface area contributed by atoms with Crippen molar-refractivity contribution in [3.05, 3.63) is 0 Å². The Morgan fingerprint density at radius 1 is 0.897 bits per heavy atom. The van der Waals surface area contributed by atoms with E-state index < -0.39 is 0 Å². The largest absolute Gasteiger partial charge is 0.341 e. The number of hydrogen-bond donors (Lipinski definition) is 0. The van der Waals surface area contributed by atoms with Crippen molar-refractivity contribution in [2.75, 3.05) is 53.4 Å². The fourth-order valence-electron chi connectivity index (χ4n) is 5.31. The Labute approximate surface area is 177 Å². The number of likely N-dealkylation sites (tertiary alicyclic amines) is 2. The van der Waals surface area contributed by atoms with Crippen molar-refractivity contribution in [2.45, 2.75) is 76.7 Å². The van der Waals surface area contributed by atoms with Crippen LogP contribution in [0.1, 0.15) is 70.6 Å². The number of hydrogen-bond acceptors (Lipinski definition) is 3. The fourth-order valence-corrected chi connectivity index (χ4v) is 5.31. The molecular formula is C23H42N4O2. The fraction of sp³-hybridized carbons (Fsp3) is 0.913. The molecule has 0 spiro atoms. The summed E-state index contributed by atoms with van der Waals surface area (Å²) in [5, 5.41) is 0. The molecule has 3 fully saturated rings. The van der Waals surface area contributed by atoms with E-state index in [1.54, 1.807) is 4.90 Å². The minimum Gasteiger partial charge on any atom is -0.341 e. The quantitative estimate of drug-likeness (QED) is 0.651. The molecule has 2 heterocycles. The summed E-state index contributed by atoms with van der Waals surface area (Å²) < 4.78 is 0. The predicted molar refractivity (Wildman–Crippen MR) is 117 cm³/mol. The van der Waals surface area contributed by atoms with Crippen LogP contribution in [0.25, 0.3) is 0 Å². The number of carbonyl (C=O) groups is 2. The zero-order chi connectivity index (χ0) is 20.6. The maximum atomic E-state index is 12.8. The molecule has 3 rings (SSSR count). The second kappa shape index (κ2) is 11.2. The van der Waals surface area contributed by atoms with Gasteiger partial charge in [-0.05, 0) is 44.7 Å². The van der Waals surface area contributed by atoms with E-state index in [9.17, 15) is 9.59 Å². The number of amides is 3. The summed E-state index contributed by atoms with van der Waals surface area (Å²) in [7, 11) is 3.66. The van der Waals surface area contributed by atoms with Gasteiger partial charge < -0.3 is 19.6 Å². The number of piperidine rings is 1. The molecule has 166 valence electrons. The molecule has 6 heteroatoms. The molecular weight excluding hydrogens is 364 g/mol. The van der Waals surface area contributed by atoms with Crippen molar-refractivity contribution in [3.63, 3.8) is 0 Å². The lowest BCUT2D eigenvalue weighted by Crippen LogP contribution is -2.50. The molecule has 2 aliphatic heterocycles. The van der Waals surface area contributed by atoms with Crippen molar-refractivity contribution in [1.29, 1.82) is 0 Å². The molecule has 0 aromatic rings. The minimum atomic E-state index is 0.0866. The molecule has 2 saturated heterocycles. The molecule has 29 heavy (non-hydrogen) atoms. The van der Waals surface area contributed by atoms with E-state index in [2.05, 4.69) is 4.90 Å². The van der Waals surface area contributed by atoms with Gasteiger partial charge in [-0.25, -0.2) is 4.79 Å². The maximum absolute atomic E-state index is 12.8. The summed E-state index contributed by atoms with van der Waals surface area (Å²) in [6.45, 7) is 5.54. The third-order valence-electron chi connectivity index (χ3n) is 7.18. The topological polar surface area (TPSA) is 47.1 Å². The lowest BCUT2D eigenvalue weighted by atomic mass is 9.86. The van der Waals surface area contributed by atoms with Gasteiger partial charge in [0, 0.05) is 46.7 Å². The van der Waals surface area contributed by atoms with Crippen molar-refractivity contribution in [3.8, 4) is 0 Å². The highest BCUT2D eigenvalue weighted by Gasteiger charge is 2.33. The third kappa shape index (κ3) is 6.59. The zero-order valence-corrected chi connectivity index (χ0v) is 18.8. The van der Waals surface area contributed by atoms with Crippen LogP contribution >= 0.6 is 0 Å². The van der Waals surface area contributed by atoms with E-state index in [4.69, 9.17) is 0 Å². The first-order valence-electron chi connectivity index (χ1n) is 12.0. The molecule has 1 atom stereocenters. The maximum Gasteiger partial charge on any atom is 0.319 e. The predicted octanol–water partition coefficient (Wildman–Crippen LogP) is 3.42. The van der Waals surface area contributed by atoms with Crippen LogP contribution in [0, 0.1) is 5.92 Å². The average molecular weight is 407 g/mol. The minimum absolute atomic E-state index is 0.0866. The van der Waals surface area contributed by atoms with Crippen LogP contribution in [0.2, 0.25) is 0 Å². The van der Waals surface area contributed by atoms with Gasteiger partial charge in [-0.1, -0.05) is 38.5 Å². The highest BCUT2D eigenvalue weighted by molar-refractivity contribution is 5.77. The molecule has 0 radical (unpaired) electrons. The molecule has 3 amide bonds. The van der Waals surface area contributed by atoms with Crippen LogP contribution in [0.15, 0.2) is 0 Å². The first kappa shape index (κ1) is 22.4. The molecule has 1 saturated carbocycles. The normalized spacial score (nSPS) is 23.9. The molecule has 0 bridgehead atoms. The number of carbonyl (C=O) groups excluding carboxylic acids is 2. The molecule has 1 unspecified atom stereocenters. The van der Waals surface area contributed by atoms with Gasteiger partial charge in [0.1, 0.15) is 0 Å². The molecule has 6 nitrogen and oxygen atoms in total. The van der Waals surface area contributed by atoms with Gasteiger partial charge in [0.2, 0.25) is 5.91 Å². The summed E-state index contributed by atoms with van der Waals surface area (Å²) in [6, 6.07) is 0.247. The lowest BCUT2D eigenvalue weighted by molar-refractivity contribution is -0.130. The third-order valence-corrected chi connectivity index (χ3v) is 7.18. The van der Waals surface area contributed by atoms with Crippen LogP contribution in [0.3, 0.4) is 0 Å². The first-order valence-corrected chi connectivity index (χ1v) is 12.0. The van der Waals surface area contributed by atoms with Gasteiger partial charge in [-0.15, -0.1) is 0 Å². The average Bonchev–Trinajstić information content (AvgIpc) is 3.23. The number of nitrogens with zero attached hydrogens (tertiary/aromatic N) is 4.